The van der Waals surface area contributed by atoms with Gasteiger partial charge in [-0.3, -0.25) is 9.78 Å². The van der Waals surface area contributed by atoms with Crippen LogP contribution in [0.2, 0.25) is 0 Å². The molecule has 0 unspecified atom stereocenters. The molecule has 206 valence electrons. The number of nitrogens with one attached hydrogen (secondary N) is 2. The maximum Gasteiger partial charge on any atom is 0.405 e. The van der Waals surface area contributed by atoms with Crippen LogP contribution in [0.5, 0.6) is 0 Å². The summed E-state index contributed by atoms with van der Waals surface area (Å²) >= 11 is 0. The second-order valence-electron chi connectivity index (χ2n) is 10.4. The molecule has 2 saturated heterocycles. The van der Waals surface area contributed by atoms with Crippen molar-refractivity contribution in [1.82, 2.24) is 25.2 Å². The van der Waals surface area contributed by atoms with Crippen LogP contribution >= 0.6 is 0 Å². The second kappa shape index (κ2) is 11.8. The van der Waals surface area contributed by atoms with E-state index in [2.05, 4.69) is 25.5 Å². The highest BCUT2D eigenvalue weighted by atomic mass is 16.5. The summed E-state index contributed by atoms with van der Waals surface area (Å²) in [5, 5.41) is 17.1. The number of hydrogen-bond acceptors (Lipinski definition) is 8. The van der Waals surface area contributed by atoms with Crippen LogP contribution in [0.15, 0.2) is 42.9 Å². The summed E-state index contributed by atoms with van der Waals surface area (Å²) in [6, 6.07) is 7.58. The van der Waals surface area contributed by atoms with Gasteiger partial charge in [0, 0.05) is 80.4 Å². The number of carbonyl (C=O) groups is 2. The molecular weight excluding hydrogens is 498 g/mol. The van der Waals surface area contributed by atoms with Gasteiger partial charge < -0.3 is 30.3 Å². The van der Waals surface area contributed by atoms with Gasteiger partial charge in [0.15, 0.2) is 0 Å². The van der Waals surface area contributed by atoms with Crippen LogP contribution in [0.1, 0.15) is 26.7 Å². The minimum absolute atomic E-state index is 0.146. The molecule has 2 aliphatic heterocycles. The number of carboxylic acid groups (broad SMARTS) is 1. The molecule has 39 heavy (non-hydrogen) atoms. The highest BCUT2D eigenvalue weighted by Gasteiger charge is 2.31. The number of piperazine rings is 1. The first-order chi connectivity index (χ1) is 18.9. The van der Waals surface area contributed by atoms with E-state index in [4.69, 9.17) is 9.72 Å². The molecule has 3 N–H and O–H groups in total. The average Bonchev–Trinajstić information content (AvgIpc) is 2.95. The number of rotatable bonds is 7. The van der Waals surface area contributed by atoms with Crippen molar-refractivity contribution in [3.8, 4) is 11.3 Å². The third-order valence-corrected chi connectivity index (χ3v) is 7.34. The number of carbonyl (C=O) groups excluding carboxylic acids is 1. The maximum atomic E-state index is 13.1. The number of ether oxygens (including phenoxy) is 1. The molecule has 0 bridgehead atoms. The largest absolute Gasteiger partial charge is 0.465 e. The lowest BCUT2D eigenvalue weighted by molar-refractivity contribution is -0.134. The third kappa shape index (κ3) is 6.19. The zero-order valence-electron chi connectivity index (χ0n) is 22.3. The number of pyridine rings is 3. The smallest absolute Gasteiger partial charge is 0.405 e. The van der Waals surface area contributed by atoms with Crippen LogP contribution in [-0.4, -0.2) is 88.4 Å². The fraction of sp³-hybridized carbons (Fsp3) is 0.464. The van der Waals surface area contributed by atoms with Gasteiger partial charge >= 0.3 is 6.09 Å². The maximum absolute atomic E-state index is 13.1. The van der Waals surface area contributed by atoms with Crippen molar-refractivity contribution in [3.63, 3.8) is 0 Å². The summed E-state index contributed by atoms with van der Waals surface area (Å²) in [7, 11) is 0. The van der Waals surface area contributed by atoms with Crippen molar-refractivity contribution >= 4 is 34.4 Å². The number of amides is 2. The molecule has 0 radical (unpaired) electrons. The molecule has 2 aliphatic rings. The van der Waals surface area contributed by atoms with Gasteiger partial charge in [-0.1, -0.05) is 13.8 Å². The summed E-state index contributed by atoms with van der Waals surface area (Å²) in [5.41, 5.74) is 1.78. The Balaban J connectivity index is 1.37. The fourth-order valence-corrected chi connectivity index (χ4v) is 5.17. The van der Waals surface area contributed by atoms with Gasteiger partial charge in [0.1, 0.15) is 17.7 Å². The Morgan fingerprint density at radius 3 is 2.56 bits per heavy atom. The number of nitrogens with zero attached hydrogens (tertiary/aromatic N) is 5. The Morgan fingerprint density at radius 2 is 1.85 bits per heavy atom. The second-order valence-corrected chi connectivity index (χ2v) is 10.4. The van der Waals surface area contributed by atoms with E-state index in [0.717, 1.165) is 59.7 Å². The van der Waals surface area contributed by atoms with E-state index in [-0.39, 0.29) is 11.8 Å². The molecule has 2 fully saturated rings. The van der Waals surface area contributed by atoms with Crippen LogP contribution in [0.3, 0.4) is 0 Å². The third-order valence-electron chi connectivity index (χ3n) is 7.34. The quantitative estimate of drug-likeness (QED) is 0.419. The van der Waals surface area contributed by atoms with Crippen molar-refractivity contribution < 1.29 is 19.4 Å². The van der Waals surface area contributed by atoms with Gasteiger partial charge in [-0.15, -0.1) is 0 Å². The summed E-state index contributed by atoms with van der Waals surface area (Å²) in [5.74, 6) is 1.32. The highest BCUT2D eigenvalue weighted by Crippen LogP contribution is 2.31. The topological polar surface area (TPSA) is 133 Å². The molecule has 5 heterocycles. The van der Waals surface area contributed by atoms with Crippen molar-refractivity contribution in [3.05, 3.63) is 42.9 Å². The first-order valence-corrected chi connectivity index (χ1v) is 13.5. The van der Waals surface area contributed by atoms with E-state index in [1.165, 1.54) is 0 Å². The van der Waals surface area contributed by atoms with Gasteiger partial charge in [0.05, 0.1) is 5.69 Å². The van der Waals surface area contributed by atoms with Gasteiger partial charge in [-0.25, -0.2) is 14.8 Å². The summed E-state index contributed by atoms with van der Waals surface area (Å²) < 4.78 is 5.47. The molecule has 11 heteroatoms. The first kappa shape index (κ1) is 26.6. The zero-order chi connectivity index (χ0) is 27.4. The van der Waals surface area contributed by atoms with Crippen LogP contribution in [0, 0.1) is 5.92 Å². The Morgan fingerprint density at radius 1 is 1.08 bits per heavy atom. The first-order valence-electron chi connectivity index (χ1n) is 13.5. The Bertz CT molecular complexity index is 1320. The molecule has 5 rings (SSSR count). The Hall–Kier alpha value is -3.99. The van der Waals surface area contributed by atoms with Gasteiger partial charge in [-0.05, 0) is 43.0 Å². The van der Waals surface area contributed by atoms with E-state index in [0.29, 0.717) is 32.2 Å². The van der Waals surface area contributed by atoms with Crippen LogP contribution in [-0.2, 0) is 9.53 Å². The SMILES string of the molecule is CC(C)[C@@H](NC(=O)O)C(=O)N1CCN(c2nc(-c3ccnc(NC4CCOCC4)c3)cc3cnccc23)CC1. The molecule has 3 aromatic heterocycles. The molecule has 2 amide bonds. The summed E-state index contributed by atoms with van der Waals surface area (Å²) in [6.07, 6.45) is 6.12. The fourth-order valence-electron chi connectivity index (χ4n) is 5.17. The van der Waals surface area contributed by atoms with Crippen molar-refractivity contribution in [2.24, 2.45) is 5.92 Å². The molecule has 0 saturated carbocycles. The zero-order valence-corrected chi connectivity index (χ0v) is 22.3. The van der Waals surface area contributed by atoms with E-state index >= 15 is 0 Å². The van der Waals surface area contributed by atoms with Gasteiger partial charge in [-0.2, -0.15) is 0 Å². The Kier molecular flexibility index (Phi) is 8.06. The molecule has 3 aromatic rings. The van der Waals surface area contributed by atoms with E-state index in [1.807, 2.05) is 44.3 Å². The summed E-state index contributed by atoms with van der Waals surface area (Å²) in [4.78, 5) is 42.2. The molecular formula is C28H35N7O4. The minimum atomic E-state index is -1.19. The minimum Gasteiger partial charge on any atom is -0.465 e. The van der Waals surface area contributed by atoms with Crippen molar-refractivity contribution in [2.45, 2.75) is 38.8 Å². The number of anilines is 2. The number of aromatic nitrogens is 3. The number of hydrogen-bond donors (Lipinski definition) is 3. The number of fused-ring (bicyclic) bond motifs is 1. The van der Waals surface area contributed by atoms with Crippen molar-refractivity contribution in [2.75, 3.05) is 49.6 Å². The highest BCUT2D eigenvalue weighted by molar-refractivity contribution is 5.94. The molecule has 0 aliphatic carbocycles. The lowest BCUT2D eigenvalue weighted by Gasteiger charge is -2.38. The monoisotopic (exact) mass is 533 g/mol. The van der Waals surface area contributed by atoms with Gasteiger partial charge in [0.2, 0.25) is 5.91 Å². The van der Waals surface area contributed by atoms with Crippen LogP contribution in [0.25, 0.3) is 22.0 Å². The lowest BCUT2D eigenvalue weighted by Crippen LogP contribution is -2.56. The predicted octanol–water partition coefficient (Wildman–Crippen LogP) is 3.22. The molecule has 1 atom stereocenters. The van der Waals surface area contributed by atoms with E-state index in [1.54, 1.807) is 17.3 Å². The molecule has 11 nitrogen and oxygen atoms in total. The van der Waals surface area contributed by atoms with E-state index < -0.39 is 12.1 Å². The van der Waals surface area contributed by atoms with Crippen LogP contribution < -0.4 is 15.5 Å². The van der Waals surface area contributed by atoms with Crippen molar-refractivity contribution in [1.29, 1.82) is 0 Å². The van der Waals surface area contributed by atoms with Crippen LogP contribution in [0.4, 0.5) is 16.4 Å². The average molecular weight is 534 g/mol. The normalized spacial score (nSPS) is 17.3. The molecule has 0 aromatic carbocycles. The van der Waals surface area contributed by atoms with E-state index in [9.17, 15) is 14.7 Å². The molecule has 0 spiro atoms. The lowest BCUT2D eigenvalue weighted by atomic mass is 10.0. The predicted molar refractivity (Wildman–Crippen MR) is 149 cm³/mol. The Labute approximate surface area is 227 Å². The summed E-state index contributed by atoms with van der Waals surface area (Å²) in [6.45, 7) is 7.34. The van der Waals surface area contributed by atoms with Gasteiger partial charge in [0.25, 0.3) is 0 Å². The standard InChI is InChI=1S/C28H35N7O4/c1-18(2)25(33-28(37)38)27(36)35-11-9-34(10-12-35)26-22-4-7-29-17-20(22)15-23(32-26)19-3-8-30-24(16-19)31-21-5-13-39-14-6-21/h3-4,7-8,15-18,21,25,33H,5-6,9-14H2,1-2H3,(H,30,31)(H,37,38)/t25-/m1/s1.